The number of carbonyl (C=O) groups excluding carboxylic acids is 1. The molecule has 7 nitrogen and oxygen atoms in total. The van der Waals surface area contributed by atoms with E-state index in [1.165, 1.54) is 12.3 Å². The molecule has 26 heavy (non-hydrogen) atoms. The van der Waals surface area contributed by atoms with Crippen molar-refractivity contribution in [2.45, 2.75) is 43.7 Å². The van der Waals surface area contributed by atoms with Crippen LogP contribution in [0.2, 0.25) is 0 Å². The van der Waals surface area contributed by atoms with Gasteiger partial charge in [0.05, 0.1) is 18.2 Å². The Hall–Kier alpha value is -2.35. The molecule has 3 fully saturated rings. The molecule has 0 spiro atoms. The average Bonchev–Trinajstić information content (AvgIpc) is 3.19. The fourth-order valence-electron chi connectivity index (χ4n) is 3.84. The molecule has 136 valence electrons. The minimum atomic E-state index is -0.317. The van der Waals surface area contributed by atoms with E-state index in [9.17, 15) is 9.18 Å². The second-order valence-electron chi connectivity index (χ2n) is 7.57. The SMILES string of the molecule is O=C1CC(c2nc(C3CC3)no2)CN1C1CN(Cc2cncc(F)c2)C1. The van der Waals surface area contributed by atoms with Crippen LogP contribution in [-0.2, 0) is 11.3 Å². The average molecular weight is 357 g/mol. The van der Waals surface area contributed by atoms with Crippen LogP contribution in [-0.4, -0.2) is 56.5 Å². The highest BCUT2D eigenvalue weighted by molar-refractivity contribution is 5.80. The van der Waals surface area contributed by atoms with E-state index in [4.69, 9.17) is 4.52 Å². The Morgan fingerprint density at radius 1 is 1.19 bits per heavy atom. The maximum absolute atomic E-state index is 13.2. The van der Waals surface area contributed by atoms with Crippen LogP contribution in [0.5, 0.6) is 0 Å². The Balaban J connectivity index is 1.17. The Morgan fingerprint density at radius 2 is 2.04 bits per heavy atom. The molecule has 1 unspecified atom stereocenters. The predicted octanol–water partition coefficient (Wildman–Crippen LogP) is 1.68. The molecule has 2 aromatic heterocycles. The smallest absolute Gasteiger partial charge is 0.232 e. The third kappa shape index (κ3) is 2.98. The van der Waals surface area contributed by atoms with Crippen LogP contribution in [0, 0.1) is 5.82 Å². The third-order valence-electron chi connectivity index (χ3n) is 5.45. The number of halogens is 1. The summed E-state index contributed by atoms with van der Waals surface area (Å²) < 4.78 is 18.6. The van der Waals surface area contributed by atoms with Gasteiger partial charge in [-0.3, -0.25) is 14.7 Å². The van der Waals surface area contributed by atoms with E-state index < -0.39 is 0 Å². The van der Waals surface area contributed by atoms with Gasteiger partial charge >= 0.3 is 0 Å². The molecule has 1 amide bonds. The van der Waals surface area contributed by atoms with Gasteiger partial charge in [-0.05, 0) is 24.5 Å². The number of hydrogen-bond donors (Lipinski definition) is 0. The number of hydrogen-bond acceptors (Lipinski definition) is 6. The summed E-state index contributed by atoms with van der Waals surface area (Å²) in [5, 5.41) is 4.06. The molecule has 1 atom stereocenters. The van der Waals surface area contributed by atoms with Crippen LogP contribution in [0.4, 0.5) is 4.39 Å². The molecule has 4 heterocycles. The summed E-state index contributed by atoms with van der Waals surface area (Å²) in [6.07, 6.45) is 5.59. The number of likely N-dealkylation sites (tertiary alicyclic amines) is 2. The fraction of sp³-hybridized carbons (Fsp3) is 0.556. The van der Waals surface area contributed by atoms with Crippen LogP contribution in [0.15, 0.2) is 23.0 Å². The quantitative estimate of drug-likeness (QED) is 0.810. The zero-order valence-electron chi connectivity index (χ0n) is 14.3. The zero-order valence-corrected chi connectivity index (χ0v) is 14.3. The highest BCUT2D eigenvalue weighted by Crippen LogP contribution is 2.39. The normalized spacial score (nSPS) is 24.3. The molecule has 0 aromatic carbocycles. The summed E-state index contributed by atoms with van der Waals surface area (Å²) >= 11 is 0. The van der Waals surface area contributed by atoms with Crippen molar-refractivity contribution < 1.29 is 13.7 Å². The molecule has 1 saturated carbocycles. The van der Waals surface area contributed by atoms with Crippen LogP contribution in [0.3, 0.4) is 0 Å². The van der Waals surface area contributed by atoms with Crippen molar-refractivity contribution in [3.05, 3.63) is 41.6 Å². The first kappa shape index (κ1) is 15.9. The highest BCUT2D eigenvalue weighted by atomic mass is 19.1. The first-order chi connectivity index (χ1) is 12.7. The topological polar surface area (TPSA) is 75.4 Å². The van der Waals surface area contributed by atoms with Gasteiger partial charge in [0.25, 0.3) is 0 Å². The Labute approximate surface area is 150 Å². The minimum absolute atomic E-state index is 0.00368. The lowest BCUT2D eigenvalue weighted by atomic mass is 10.1. The minimum Gasteiger partial charge on any atom is -0.339 e. The van der Waals surface area contributed by atoms with E-state index >= 15 is 0 Å². The highest BCUT2D eigenvalue weighted by Gasteiger charge is 2.42. The van der Waals surface area contributed by atoms with Crippen LogP contribution < -0.4 is 0 Å². The lowest BCUT2D eigenvalue weighted by Gasteiger charge is -2.44. The summed E-state index contributed by atoms with van der Waals surface area (Å²) in [7, 11) is 0. The molecule has 0 radical (unpaired) electrons. The van der Waals surface area contributed by atoms with E-state index in [-0.39, 0.29) is 23.7 Å². The van der Waals surface area contributed by atoms with Gasteiger partial charge in [-0.25, -0.2) is 4.39 Å². The number of amides is 1. The molecule has 2 saturated heterocycles. The molecule has 8 heteroatoms. The molecule has 3 aliphatic rings. The van der Waals surface area contributed by atoms with Gasteiger partial charge in [0.2, 0.25) is 11.8 Å². The third-order valence-corrected chi connectivity index (χ3v) is 5.45. The van der Waals surface area contributed by atoms with E-state index in [1.807, 2.05) is 4.90 Å². The van der Waals surface area contributed by atoms with Crippen molar-refractivity contribution in [2.24, 2.45) is 0 Å². The first-order valence-electron chi connectivity index (χ1n) is 9.10. The van der Waals surface area contributed by atoms with Crippen molar-refractivity contribution in [2.75, 3.05) is 19.6 Å². The molecule has 0 bridgehead atoms. The lowest BCUT2D eigenvalue weighted by Crippen LogP contribution is -2.59. The Morgan fingerprint density at radius 3 is 2.81 bits per heavy atom. The number of carbonyl (C=O) groups is 1. The van der Waals surface area contributed by atoms with E-state index in [0.29, 0.717) is 31.3 Å². The second-order valence-corrected chi connectivity index (χ2v) is 7.57. The van der Waals surface area contributed by atoms with Gasteiger partial charge in [-0.2, -0.15) is 4.98 Å². The van der Waals surface area contributed by atoms with Crippen molar-refractivity contribution in [3.63, 3.8) is 0 Å². The zero-order chi connectivity index (χ0) is 17.7. The molecular weight excluding hydrogens is 337 g/mol. The second kappa shape index (κ2) is 6.12. The van der Waals surface area contributed by atoms with Gasteiger partial charge in [0.1, 0.15) is 5.82 Å². The number of rotatable bonds is 5. The van der Waals surface area contributed by atoms with Gasteiger partial charge in [0.15, 0.2) is 5.82 Å². The van der Waals surface area contributed by atoms with Crippen LogP contribution in [0.25, 0.3) is 0 Å². The molecule has 0 N–H and O–H groups in total. The first-order valence-corrected chi connectivity index (χ1v) is 9.10. The standard InChI is InChI=1S/C18H20FN5O2/c19-14-3-11(5-20-6-14)7-23-9-15(10-23)24-8-13(4-16(24)25)18-21-17(22-26-18)12-1-2-12/h3,5-6,12-13,15H,1-2,4,7-10H2. The maximum atomic E-state index is 13.2. The summed E-state index contributed by atoms with van der Waals surface area (Å²) in [4.78, 5) is 24.9. The molecule has 1 aliphatic carbocycles. The van der Waals surface area contributed by atoms with E-state index in [2.05, 4.69) is 20.0 Å². The van der Waals surface area contributed by atoms with E-state index in [0.717, 1.165) is 37.3 Å². The Kier molecular flexibility index (Phi) is 3.74. The van der Waals surface area contributed by atoms with Crippen molar-refractivity contribution in [1.82, 2.24) is 24.9 Å². The van der Waals surface area contributed by atoms with Crippen molar-refractivity contribution in [3.8, 4) is 0 Å². The predicted molar refractivity (Wildman–Crippen MR) is 88.6 cm³/mol. The van der Waals surface area contributed by atoms with Gasteiger partial charge < -0.3 is 9.42 Å². The van der Waals surface area contributed by atoms with Gasteiger partial charge in [0, 0.05) is 44.7 Å². The molecule has 2 aliphatic heterocycles. The van der Waals surface area contributed by atoms with Gasteiger partial charge in [-0.15, -0.1) is 0 Å². The molecule has 5 rings (SSSR count). The van der Waals surface area contributed by atoms with Crippen molar-refractivity contribution in [1.29, 1.82) is 0 Å². The van der Waals surface area contributed by atoms with E-state index in [1.54, 1.807) is 6.20 Å². The fourth-order valence-corrected chi connectivity index (χ4v) is 3.84. The summed E-state index contributed by atoms with van der Waals surface area (Å²) in [6.45, 7) is 2.89. The maximum Gasteiger partial charge on any atom is 0.232 e. The Bertz CT molecular complexity index is 830. The number of pyridine rings is 1. The van der Waals surface area contributed by atoms with Gasteiger partial charge in [-0.1, -0.05) is 5.16 Å². The van der Waals surface area contributed by atoms with Crippen LogP contribution in [0.1, 0.15) is 48.4 Å². The van der Waals surface area contributed by atoms with Crippen molar-refractivity contribution >= 4 is 5.91 Å². The van der Waals surface area contributed by atoms with Crippen LogP contribution >= 0.6 is 0 Å². The largest absolute Gasteiger partial charge is 0.339 e. The molecule has 2 aromatic rings. The lowest BCUT2D eigenvalue weighted by molar-refractivity contribution is -0.133. The number of aromatic nitrogens is 3. The number of nitrogens with zero attached hydrogens (tertiary/aromatic N) is 5. The summed E-state index contributed by atoms with van der Waals surface area (Å²) in [6, 6.07) is 1.71. The summed E-state index contributed by atoms with van der Waals surface area (Å²) in [5.74, 6) is 1.69. The summed E-state index contributed by atoms with van der Waals surface area (Å²) in [5.41, 5.74) is 0.854. The molecular formula is C18H20FN5O2. The monoisotopic (exact) mass is 357 g/mol.